The summed E-state index contributed by atoms with van der Waals surface area (Å²) in [6, 6.07) is 0. The highest BCUT2D eigenvalue weighted by molar-refractivity contribution is 7.09. The van der Waals surface area contributed by atoms with E-state index in [-0.39, 0.29) is 0 Å². The first-order valence-corrected chi connectivity index (χ1v) is 8.26. The number of amides is 1. The molecule has 2 aromatic rings. The maximum Gasteiger partial charge on any atom is 0.408 e. The third-order valence-electron chi connectivity index (χ3n) is 2.88. The minimum Gasteiger partial charge on any atom is -0.444 e. The van der Waals surface area contributed by atoms with Gasteiger partial charge in [-0.05, 0) is 34.6 Å². The molecule has 0 saturated carbocycles. The second kappa shape index (κ2) is 6.66. The van der Waals surface area contributed by atoms with Crippen molar-refractivity contribution in [3.63, 3.8) is 0 Å². The maximum absolute atomic E-state index is 11.9. The second-order valence-electron chi connectivity index (χ2n) is 6.69. The number of nitrogens with zero attached hydrogens (tertiary/aromatic N) is 3. The van der Waals surface area contributed by atoms with Crippen LogP contribution in [0.15, 0.2) is 16.1 Å². The monoisotopic (exact) mass is 338 g/mol. The normalized spacial score (nSPS) is 12.2. The highest BCUT2D eigenvalue weighted by Gasteiger charge is 2.30. The second-order valence-corrected chi connectivity index (χ2v) is 7.67. The number of nitrogens with one attached hydrogen (secondary N) is 1. The van der Waals surface area contributed by atoms with Gasteiger partial charge in [0.15, 0.2) is 5.82 Å². The van der Waals surface area contributed by atoms with Crippen molar-refractivity contribution in [2.24, 2.45) is 0 Å². The molecular weight excluding hydrogens is 316 g/mol. The molecule has 0 aliphatic heterocycles. The molecule has 126 valence electrons. The molecule has 7 nitrogen and oxygen atoms in total. The van der Waals surface area contributed by atoms with Crippen LogP contribution in [0.1, 0.15) is 51.3 Å². The van der Waals surface area contributed by atoms with Crippen LogP contribution in [-0.2, 0) is 23.1 Å². The van der Waals surface area contributed by atoms with Crippen molar-refractivity contribution >= 4 is 17.4 Å². The van der Waals surface area contributed by atoms with Crippen molar-refractivity contribution < 1.29 is 14.1 Å². The predicted octanol–water partition coefficient (Wildman–Crippen LogP) is 3.07. The lowest BCUT2D eigenvalue weighted by Crippen LogP contribution is -2.44. The Kier molecular flexibility index (Phi) is 5.03. The van der Waals surface area contributed by atoms with E-state index >= 15 is 0 Å². The summed E-state index contributed by atoms with van der Waals surface area (Å²) in [7, 11) is 0. The fourth-order valence-corrected chi connectivity index (χ4v) is 2.44. The van der Waals surface area contributed by atoms with E-state index in [1.807, 2.05) is 26.2 Å². The number of carbonyl (C=O) groups excluding carboxylic acids is 1. The summed E-state index contributed by atoms with van der Waals surface area (Å²) in [5.74, 6) is 0.937. The number of hydrogen-bond donors (Lipinski definition) is 1. The van der Waals surface area contributed by atoms with Crippen molar-refractivity contribution in [1.29, 1.82) is 0 Å². The van der Waals surface area contributed by atoms with Gasteiger partial charge < -0.3 is 14.6 Å². The lowest BCUT2D eigenvalue weighted by atomic mass is 10.1. The highest BCUT2D eigenvalue weighted by atomic mass is 32.1. The van der Waals surface area contributed by atoms with E-state index in [0.717, 1.165) is 11.4 Å². The van der Waals surface area contributed by atoms with Crippen LogP contribution in [-0.4, -0.2) is 26.8 Å². The molecule has 0 aliphatic carbocycles. The Bertz CT molecular complexity index is 644. The molecular formula is C15H22N4O3S. The van der Waals surface area contributed by atoms with Gasteiger partial charge in [-0.1, -0.05) is 5.16 Å². The summed E-state index contributed by atoms with van der Waals surface area (Å²) in [5.41, 5.74) is -1.35. The number of carbonyl (C=O) groups is 1. The van der Waals surface area contributed by atoms with Gasteiger partial charge in [-0.15, -0.1) is 11.3 Å². The van der Waals surface area contributed by atoms with Crippen molar-refractivity contribution in [2.45, 2.75) is 58.6 Å². The van der Waals surface area contributed by atoms with E-state index < -0.39 is 17.2 Å². The molecule has 1 N–H and O–H groups in total. The number of hydrogen-bond acceptors (Lipinski definition) is 7. The number of aromatic nitrogens is 3. The van der Waals surface area contributed by atoms with E-state index in [1.165, 1.54) is 0 Å². The number of thiazole rings is 1. The molecule has 1 amide bonds. The fourth-order valence-electron chi connectivity index (χ4n) is 1.82. The van der Waals surface area contributed by atoms with Crippen LogP contribution in [0.25, 0.3) is 0 Å². The molecule has 0 aliphatic rings. The van der Waals surface area contributed by atoms with Crippen LogP contribution < -0.4 is 5.32 Å². The molecule has 0 fully saturated rings. The van der Waals surface area contributed by atoms with E-state index in [1.54, 1.807) is 31.4 Å². The number of alkyl carbamates (subject to hydrolysis) is 1. The average Bonchev–Trinajstić information content (AvgIpc) is 3.05. The molecule has 0 saturated heterocycles. The molecule has 2 heterocycles. The van der Waals surface area contributed by atoms with Gasteiger partial charge in [0.1, 0.15) is 11.1 Å². The molecule has 2 rings (SSSR count). The fraction of sp³-hybridized carbons (Fsp3) is 0.600. The number of rotatable bonds is 5. The molecule has 0 radical (unpaired) electrons. The minimum absolute atomic E-state index is 0.414. The Hall–Kier alpha value is -1.96. The zero-order chi connectivity index (χ0) is 17.1. The van der Waals surface area contributed by atoms with Crippen LogP contribution in [0.3, 0.4) is 0 Å². The first-order valence-electron chi connectivity index (χ1n) is 7.38. The lowest BCUT2D eigenvalue weighted by molar-refractivity contribution is 0.0465. The standard InChI is InChI=1S/C15H22N4O3S/c1-14(2,3)21-13(20)18-15(4,5)12-17-10(22-19-12)6-7-11-16-8-9-23-11/h8-9H,6-7H2,1-5H3,(H,18,20). The summed E-state index contributed by atoms with van der Waals surface area (Å²) < 4.78 is 10.5. The van der Waals surface area contributed by atoms with Crippen molar-refractivity contribution in [2.75, 3.05) is 0 Å². The highest BCUT2D eigenvalue weighted by Crippen LogP contribution is 2.19. The zero-order valence-electron chi connectivity index (χ0n) is 14.0. The molecule has 0 unspecified atom stereocenters. The molecule has 0 aromatic carbocycles. The third-order valence-corrected chi connectivity index (χ3v) is 3.72. The quantitative estimate of drug-likeness (QED) is 0.901. The van der Waals surface area contributed by atoms with Crippen molar-refractivity contribution in [1.82, 2.24) is 20.4 Å². The van der Waals surface area contributed by atoms with Crippen molar-refractivity contribution in [3.8, 4) is 0 Å². The van der Waals surface area contributed by atoms with Gasteiger partial charge in [-0.3, -0.25) is 0 Å². The molecule has 0 spiro atoms. The largest absolute Gasteiger partial charge is 0.444 e. The van der Waals surface area contributed by atoms with Gasteiger partial charge >= 0.3 is 6.09 Å². The summed E-state index contributed by atoms with van der Waals surface area (Å²) >= 11 is 1.59. The topological polar surface area (TPSA) is 90.1 Å². The van der Waals surface area contributed by atoms with Crippen LogP contribution in [0, 0.1) is 0 Å². The van der Waals surface area contributed by atoms with E-state index in [9.17, 15) is 4.79 Å². The van der Waals surface area contributed by atoms with Crippen LogP contribution in [0.2, 0.25) is 0 Å². The minimum atomic E-state index is -0.786. The number of aryl methyl sites for hydroxylation is 2. The molecule has 0 atom stereocenters. The summed E-state index contributed by atoms with van der Waals surface area (Å²) in [6.07, 6.45) is 2.62. The van der Waals surface area contributed by atoms with Gasteiger partial charge in [0.25, 0.3) is 0 Å². The van der Waals surface area contributed by atoms with Crippen LogP contribution in [0.5, 0.6) is 0 Å². The Labute approximate surface area is 139 Å². The molecule has 0 bridgehead atoms. The van der Waals surface area contributed by atoms with E-state index in [0.29, 0.717) is 18.1 Å². The Morgan fingerprint density at radius 3 is 2.65 bits per heavy atom. The average molecular weight is 338 g/mol. The first-order chi connectivity index (χ1) is 10.7. The van der Waals surface area contributed by atoms with Crippen LogP contribution >= 0.6 is 11.3 Å². The molecule has 8 heteroatoms. The smallest absolute Gasteiger partial charge is 0.408 e. The maximum atomic E-state index is 11.9. The molecule has 2 aromatic heterocycles. The molecule has 23 heavy (non-hydrogen) atoms. The van der Waals surface area contributed by atoms with Gasteiger partial charge in [-0.2, -0.15) is 4.98 Å². The third kappa shape index (κ3) is 5.31. The van der Waals surface area contributed by atoms with Crippen molar-refractivity contribution in [3.05, 3.63) is 28.3 Å². The summed E-state index contributed by atoms with van der Waals surface area (Å²) in [6.45, 7) is 9.03. The van der Waals surface area contributed by atoms with Crippen LogP contribution in [0.4, 0.5) is 4.79 Å². The van der Waals surface area contributed by atoms with E-state index in [4.69, 9.17) is 9.26 Å². The SMILES string of the molecule is CC(C)(C)OC(=O)NC(C)(C)c1noc(CCc2nccs2)n1. The van der Waals surface area contributed by atoms with Gasteiger partial charge in [0, 0.05) is 24.4 Å². The Morgan fingerprint density at radius 2 is 2.04 bits per heavy atom. The zero-order valence-corrected chi connectivity index (χ0v) is 14.9. The van der Waals surface area contributed by atoms with Gasteiger partial charge in [0.2, 0.25) is 5.89 Å². The number of ether oxygens (including phenoxy) is 1. The Morgan fingerprint density at radius 1 is 1.30 bits per heavy atom. The lowest BCUT2D eigenvalue weighted by Gasteiger charge is -2.26. The summed E-state index contributed by atoms with van der Waals surface area (Å²) in [4.78, 5) is 20.5. The first kappa shape index (κ1) is 17.4. The predicted molar refractivity (Wildman–Crippen MR) is 86.2 cm³/mol. The van der Waals surface area contributed by atoms with E-state index in [2.05, 4.69) is 20.4 Å². The van der Waals surface area contributed by atoms with Gasteiger partial charge in [0.05, 0.1) is 5.01 Å². The summed E-state index contributed by atoms with van der Waals surface area (Å²) in [5, 5.41) is 9.68. The Balaban J connectivity index is 1.96. The van der Waals surface area contributed by atoms with Gasteiger partial charge in [-0.25, -0.2) is 9.78 Å².